The first-order valence-corrected chi connectivity index (χ1v) is 6.05. The van der Waals surface area contributed by atoms with Crippen molar-refractivity contribution in [1.29, 1.82) is 0 Å². The monoisotopic (exact) mass is 253 g/mol. The van der Waals surface area contributed by atoms with E-state index in [1.807, 2.05) is 25.1 Å². The summed E-state index contributed by atoms with van der Waals surface area (Å²) in [5.74, 6) is 1.61. The molecule has 0 saturated carbocycles. The average molecular weight is 253 g/mol. The second kappa shape index (κ2) is 6.07. The van der Waals surface area contributed by atoms with E-state index in [9.17, 15) is 5.11 Å². The maximum atomic E-state index is 9.72. The molecule has 1 atom stereocenters. The zero-order valence-electron chi connectivity index (χ0n) is 11.8. The van der Waals surface area contributed by atoms with Gasteiger partial charge in [-0.1, -0.05) is 0 Å². The minimum atomic E-state index is -0.736. The van der Waals surface area contributed by atoms with E-state index in [2.05, 4.69) is 5.32 Å². The molecule has 2 N–H and O–H groups in total. The number of hydrogen-bond donors (Lipinski definition) is 2. The molecule has 0 spiro atoms. The highest BCUT2D eigenvalue weighted by Gasteiger charge is 2.17. The zero-order valence-corrected chi connectivity index (χ0v) is 11.8. The Labute approximate surface area is 109 Å². The summed E-state index contributed by atoms with van der Waals surface area (Å²) in [6.45, 7) is 6.09. The van der Waals surface area contributed by atoms with E-state index in [-0.39, 0.29) is 6.04 Å². The number of rotatable bonds is 6. The van der Waals surface area contributed by atoms with Crippen molar-refractivity contribution in [2.24, 2.45) is 0 Å². The van der Waals surface area contributed by atoms with Gasteiger partial charge in [0.25, 0.3) is 0 Å². The van der Waals surface area contributed by atoms with Crippen LogP contribution in [-0.4, -0.2) is 31.5 Å². The Bertz CT molecular complexity index is 385. The van der Waals surface area contributed by atoms with Crippen LogP contribution in [0.4, 0.5) is 0 Å². The van der Waals surface area contributed by atoms with Gasteiger partial charge in [0.2, 0.25) is 0 Å². The molecule has 0 saturated heterocycles. The van der Waals surface area contributed by atoms with E-state index in [1.54, 1.807) is 28.1 Å². The van der Waals surface area contributed by atoms with Crippen molar-refractivity contribution < 1.29 is 14.6 Å². The fourth-order valence-corrected chi connectivity index (χ4v) is 1.69. The van der Waals surface area contributed by atoms with Crippen LogP contribution in [0.1, 0.15) is 32.4 Å². The summed E-state index contributed by atoms with van der Waals surface area (Å²) in [5, 5.41) is 13.0. The number of methoxy groups -OCH3 is 2. The van der Waals surface area contributed by atoms with Crippen LogP contribution in [0.5, 0.6) is 11.5 Å². The number of nitrogens with one attached hydrogen (secondary N) is 1. The second-order valence-electron chi connectivity index (χ2n) is 5.02. The Morgan fingerprint density at radius 1 is 1.28 bits per heavy atom. The van der Waals surface area contributed by atoms with Gasteiger partial charge < -0.3 is 19.9 Å². The molecule has 0 aliphatic heterocycles. The minimum Gasteiger partial charge on any atom is -0.497 e. The summed E-state index contributed by atoms with van der Waals surface area (Å²) >= 11 is 0. The van der Waals surface area contributed by atoms with Crippen LogP contribution >= 0.6 is 0 Å². The van der Waals surface area contributed by atoms with Crippen LogP contribution in [0.15, 0.2) is 18.2 Å². The van der Waals surface area contributed by atoms with Gasteiger partial charge in [-0.15, -0.1) is 0 Å². The first-order chi connectivity index (χ1) is 8.37. The van der Waals surface area contributed by atoms with Crippen LogP contribution < -0.4 is 14.8 Å². The van der Waals surface area contributed by atoms with Crippen molar-refractivity contribution in [1.82, 2.24) is 5.32 Å². The number of hydrogen-bond acceptors (Lipinski definition) is 4. The molecule has 0 heterocycles. The molecule has 1 rings (SSSR count). The molecule has 0 aromatic heterocycles. The van der Waals surface area contributed by atoms with Crippen molar-refractivity contribution in [3.8, 4) is 11.5 Å². The SMILES string of the molecule is COc1ccc(OC)c(C(C)NCC(C)(C)O)c1. The molecule has 0 aliphatic carbocycles. The van der Waals surface area contributed by atoms with Crippen LogP contribution in [0, 0.1) is 0 Å². The van der Waals surface area contributed by atoms with Crippen molar-refractivity contribution in [3.63, 3.8) is 0 Å². The molecule has 0 aliphatic rings. The number of benzene rings is 1. The van der Waals surface area contributed by atoms with Gasteiger partial charge in [0.05, 0.1) is 19.8 Å². The third-order valence-corrected chi connectivity index (χ3v) is 2.74. The maximum absolute atomic E-state index is 9.72. The molecule has 0 amide bonds. The maximum Gasteiger partial charge on any atom is 0.123 e. The highest BCUT2D eigenvalue weighted by Crippen LogP contribution is 2.29. The quantitative estimate of drug-likeness (QED) is 0.815. The Hall–Kier alpha value is -1.26. The van der Waals surface area contributed by atoms with Gasteiger partial charge >= 0.3 is 0 Å². The van der Waals surface area contributed by atoms with E-state index >= 15 is 0 Å². The molecular formula is C14H23NO3. The normalized spacial score (nSPS) is 13.2. The summed E-state index contributed by atoms with van der Waals surface area (Å²) in [6, 6.07) is 5.77. The molecular weight excluding hydrogens is 230 g/mol. The molecule has 4 nitrogen and oxygen atoms in total. The summed E-state index contributed by atoms with van der Waals surface area (Å²) in [7, 11) is 3.29. The van der Waals surface area contributed by atoms with E-state index in [0.29, 0.717) is 6.54 Å². The highest BCUT2D eigenvalue weighted by molar-refractivity contribution is 5.42. The van der Waals surface area contributed by atoms with Crippen LogP contribution in [0.3, 0.4) is 0 Å². The predicted octanol–water partition coefficient (Wildman–Crippen LogP) is 2.13. The third kappa shape index (κ3) is 4.20. The van der Waals surface area contributed by atoms with Crippen LogP contribution in [-0.2, 0) is 0 Å². The Morgan fingerprint density at radius 2 is 1.94 bits per heavy atom. The lowest BCUT2D eigenvalue weighted by Crippen LogP contribution is -2.36. The molecule has 102 valence electrons. The predicted molar refractivity (Wildman–Crippen MR) is 72.3 cm³/mol. The van der Waals surface area contributed by atoms with E-state index in [0.717, 1.165) is 17.1 Å². The molecule has 1 aromatic rings. The molecule has 18 heavy (non-hydrogen) atoms. The Kier molecular flexibility index (Phi) is 4.99. The van der Waals surface area contributed by atoms with Crippen molar-refractivity contribution in [2.45, 2.75) is 32.4 Å². The molecule has 1 unspecified atom stereocenters. The van der Waals surface area contributed by atoms with Gasteiger partial charge in [-0.3, -0.25) is 0 Å². The number of aliphatic hydroxyl groups is 1. The third-order valence-electron chi connectivity index (χ3n) is 2.74. The largest absolute Gasteiger partial charge is 0.497 e. The van der Waals surface area contributed by atoms with E-state index in [1.165, 1.54) is 0 Å². The fourth-order valence-electron chi connectivity index (χ4n) is 1.69. The lowest BCUT2D eigenvalue weighted by atomic mass is 10.0. The lowest BCUT2D eigenvalue weighted by Gasteiger charge is -2.23. The Morgan fingerprint density at radius 3 is 2.44 bits per heavy atom. The smallest absolute Gasteiger partial charge is 0.123 e. The highest BCUT2D eigenvalue weighted by atomic mass is 16.5. The van der Waals surface area contributed by atoms with Gasteiger partial charge in [0, 0.05) is 18.2 Å². The zero-order chi connectivity index (χ0) is 13.8. The summed E-state index contributed by atoms with van der Waals surface area (Å²) < 4.78 is 10.6. The van der Waals surface area contributed by atoms with Gasteiger partial charge in [-0.25, -0.2) is 0 Å². The topological polar surface area (TPSA) is 50.7 Å². The van der Waals surface area contributed by atoms with E-state index in [4.69, 9.17) is 9.47 Å². The van der Waals surface area contributed by atoms with Crippen LogP contribution in [0.25, 0.3) is 0 Å². The fraction of sp³-hybridized carbons (Fsp3) is 0.571. The summed E-state index contributed by atoms with van der Waals surface area (Å²) in [5.41, 5.74) is 0.279. The van der Waals surface area contributed by atoms with Gasteiger partial charge in [-0.2, -0.15) is 0 Å². The lowest BCUT2D eigenvalue weighted by molar-refractivity contribution is 0.0769. The summed E-state index contributed by atoms with van der Waals surface area (Å²) in [6.07, 6.45) is 0. The number of ether oxygens (including phenoxy) is 2. The molecule has 4 heteroatoms. The average Bonchev–Trinajstić information content (AvgIpc) is 2.34. The first-order valence-electron chi connectivity index (χ1n) is 6.05. The molecule has 1 aromatic carbocycles. The van der Waals surface area contributed by atoms with E-state index < -0.39 is 5.60 Å². The van der Waals surface area contributed by atoms with Crippen LogP contribution in [0.2, 0.25) is 0 Å². The Balaban J connectivity index is 2.85. The first kappa shape index (κ1) is 14.8. The molecule has 0 radical (unpaired) electrons. The van der Waals surface area contributed by atoms with Crippen molar-refractivity contribution >= 4 is 0 Å². The summed E-state index contributed by atoms with van der Waals surface area (Å²) in [4.78, 5) is 0. The molecule has 0 bridgehead atoms. The van der Waals surface area contributed by atoms with Gasteiger partial charge in [0.1, 0.15) is 11.5 Å². The second-order valence-corrected chi connectivity index (χ2v) is 5.02. The standard InChI is InChI=1S/C14H23NO3/c1-10(15-9-14(2,3)16)12-8-11(17-4)6-7-13(12)18-5/h6-8,10,15-16H,9H2,1-5H3. The minimum absolute atomic E-state index is 0.0708. The van der Waals surface area contributed by atoms with Gasteiger partial charge in [0.15, 0.2) is 0 Å². The molecule has 0 fully saturated rings. The van der Waals surface area contributed by atoms with Crippen molar-refractivity contribution in [2.75, 3.05) is 20.8 Å². The van der Waals surface area contributed by atoms with Gasteiger partial charge in [-0.05, 0) is 39.0 Å². The van der Waals surface area contributed by atoms with Crippen molar-refractivity contribution in [3.05, 3.63) is 23.8 Å².